The van der Waals surface area contributed by atoms with Gasteiger partial charge in [-0.25, -0.2) is 8.42 Å². The van der Waals surface area contributed by atoms with Gasteiger partial charge in [0.05, 0.1) is 32.8 Å². The lowest BCUT2D eigenvalue weighted by Gasteiger charge is -2.28. The van der Waals surface area contributed by atoms with Gasteiger partial charge in [0.2, 0.25) is 15.8 Å². The van der Waals surface area contributed by atoms with Crippen LogP contribution in [0.5, 0.6) is 17.2 Å². The lowest BCUT2D eigenvalue weighted by atomic mass is 9.79. The van der Waals surface area contributed by atoms with Crippen molar-refractivity contribution in [2.45, 2.75) is 49.7 Å². The van der Waals surface area contributed by atoms with Crippen LogP contribution < -0.4 is 14.2 Å². The lowest BCUT2D eigenvalue weighted by molar-refractivity contribution is 0.397. The van der Waals surface area contributed by atoms with Crippen LogP contribution in [0, 0.1) is 0 Å². The van der Waals surface area contributed by atoms with Crippen molar-refractivity contribution in [3.05, 3.63) is 143 Å². The van der Waals surface area contributed by atoms with Gasteiger partial charge in [-0.3, -0.25) is 4.98 Å². The van der Waals surface area contributed by atoms with Crippen molar-refractivity contribution in [2.75, 3.05) is 21.3 Å². The van der Waals surface area contributed by atoms with E-state index in [1.807, 2.05) is 97.2 Å². The van der Waals surface area contributed by atoms with Crippen LogP contribution in [0.2, 0.25) is 0 Å². The summed E-state index contributed by atoms with van der Waals surface area (Å²) >= 11 is 0. The molecule has 266 valence electrons. The zero-order valence-electron chi connectivity index (χ0n) is 29.3. The summed E-state index contributed by atoms with van der Waals surface area (Å²) in [6, 6.07) is 32.0. The van der Waals surface area contributed by atoms with Crippen molar-refractivity contribution in [3.63, 3.8) is 0 Å². The number of hydrogen-bond acceptors (Lipinski definition) is 9. The Hall–Kier alpha value is -5.59. The van der Waals surface area contributed by atoms with Crippen molar-refractivity contribution >= 4 is 10.0 Å². The molecular formula is C40H40N6O5S. The summed E-state index contributed by atoms with van der Waals surface area (Å²) in [6.07, 6.45) is 4.43. The molecule has 0 bridgehead atoms. The number of ether oxygens (including phenoxy) is 3. The van der Waals surface area contributed by atoms with E-state index >= 15 is 8.42 Å². The van der Waals surface area contributed by atoms with E-state index in [2.05, 4.69) is 21.4 Å². The number of pyridine rings is 1. The zero-order valence-corrected chi connectivity index (χ0v) is 30.2. The smallest absolute Gasteiger partial charge is 0.244 e. The number of fused-ring (bicyclic) bond motifs is 1. The molecule has 7 rings (SSSR count). The molecule has 12 heteroatoms. The molecule has 6 aromatic rings. The second kappa shape index (κ2) is 15.3. The Morgan fingerprint density at radius 3 is 1.90 bits per heavy atom. The minimum Gasteiger partial charge on any atom is -0.497 e. The third-order valence-electron chi connectivity index (χ3n) is 9.45. The maximum absolute atomic E-state index is 15.2. The third-order valence-corrected chi connectivity index (χ3v) is 11.3. The number of rotatable bonds is 13. The molecule has 1 unspecified atom stereocenters. The maximum Gasteiger partial charge on any atom is 0.244 e. The molecule has 52 heavy (non-hydrogen) atoms. The molecule has 0 fully saturated rings. The first-order chi connectivity index (χ1) is 25.4. The minimum atomic E-state index is -4.18. The van der Waals surface area contributed by atoms with E-state index in [0.29, 0.717) is 23.6 Å². The lowest BCUT2D eigenvalue weighted by Crippen LogP contribution is -2.31. The molecule has 0 saturated heterocycles. The van der Waals surface area contributed by atoms with Crippen LogP contribution >= 0.6 is 0 Å². The fourth-order valence-corrected chi connectivity index (χ4v) is 8.39. The average Bonchev–Trinajstić information content (AvgIpc) is 3.66. The molecule has 2 aromatic heterocycles. The van der Waals surface area contributed by atoms with Gasteiger partial charge in [0.25, 0.3) is 0 Å². The second-order valence-corrected chi connectivity index (χ2v) is 14.6. The van der Waals surface area contributed by atoms with E-state index < -0.39 is 10.0 Å². The van der Waals surface area contributed by atoms with Crippen molar-refractivity contribution in [3.8, 4) is 28.6 Å². The number of aromatic nitrogens is 5. The predicted molar refractivity (Wildman–Crippen MR) is 197 cm³/mol. The third kappa shape index (κ3) is 7.39. The SMILES string of the molecule is COc1ccc(CN(Cc2ccc(OC)cc2)S(=O)(=O)c2cccc(C3CCCc4ncccc43)c2-c2nnn(Cc3ccc(OC)cc3)n2)cc1. The number of nitrogens with zero attached hydrogens (tertiary/aromatic N) is 6. The summed E-state index contributed by atoms with van der Waals surface area (Å²) < 4.78 is 47.9. The van der Waals surface area contributed by atoms with Gasteiger partial charge in [0.15, 0.2) is 0 Å². The number of tetrazole rings is 1. The fourth-order valence-electron chi connectivity index (χ4n) is 6.76. The number of benzene rings is 4. The van der Waals surface area contributed by atoms with E-state index in [1.165, 1.54) is 9.10 Å². The molecule has 1 aliphatic rings. The molecule has 0 spiro atoms. The van der Waals surface area contributed by atoms with Gasteiger partial charge < -0.3 is 14.2 Å². The molecule has 1 aliphatic carbocycles. The summed E-state index contributed by atoms with van der Waals surface area (Å²) in [5, 5.41) is 13.7. The molecule has 0 N–H and O–H groups in total. The Kier molecular flexibility index (Phi) is 10.3. The largest absolute Gasteiger partial charge is 0.497 e. The standard InChI is InChI=1S/C40H40N6O5S/c1-49-31-18-12-28(13-19-31)25-45(26-29-14-20-32(50-2)21-15-29)52(47,48)38-11-5-8-36(34-7-4-10-37-35(34)9-6-24-41-37)39(38)40-42-44-46(43-40)27-30-16-22-33(51-3)23-17-30/h5-6,8-9,11-24,34H,4,7,10,25-27H2,1-3H3. The molecular weight excluding hydrogens is 677 g/mol. The first-order valence-corrected chi connectivity index (χ1v) is 18.5. The number of methoxy groups -OCH3 is 3. The Bertz CT molecular complexity index is 2190. The van der Waals surface area contributed by atoms with E-state index in [1.54, 1.807) is 27.4 Å². The van der Waals surface area contributed by atoms with Gasteiger partial charge in [0, 0.05) is 36.5 Å². The van der Waals surface area contributed by atoms with Gasteiger partial charge in [-0.15, -0.1) is 10.2 Å². The Morgan fingerprint density at radius 2 is 1.31 bits per heavy atom. The Balaban J connectivity index is 1.35. The van der Waals surface area contributed by atoms with Gasteiger partial charge in [0.1, 0.15) is 17.2 Å². The van der Waals surface area contributed by atoms with Gasteiger partial charge in [-0.2, -0.15) is 9.10 Å². The molecule has 0 aliphatic heterocycles. The zero-order chi connectivity index (χ0) is 36.1. The van der Waals surface area contributed by atoms with Crippen molar-refractivity contribution in [2.24, 2.45) is 0 Å². The molecule has 0 radical (unpaired) electrons. The summed E-state index contributed by atoms with van der Waals surface area (Å²) in [5.41, 5.74) is 5.95. The molecule has 1 atom stereocenters. The van der Waals surface area contributed by atoms with Gasteiger partial charge in [-0.1, -0.05) is 54.6 Å². The van der Waals surface area contributed by atoms with E-state index in [9.17, 15) is 0 Å². The van der Waals surface area contributed by atoms with E-state index in [-0.39, 0.29) is 29.7 Å². The monoisotopic (exact) mass is 716 g/mol. The van der Waals surface area contributed by atoms with Gasteiger partial charge in [-0.05, 0) is 101 Å². The predicted octanol–water partition coefficient (Wildman–Crippen LogP) is 6.67. The van der Waals surface area contributed by atoms with Crippen LogP contribution in [0.3, 0.4) is 0 Å². The highest BCUT2D eigenvalue weighted by molar-refractivity contribution is 7.89. The highest BCUT2D eigenvalue weighted by Gasteiger charge is 2.34. The fraction of sp³-hybridized carbons (Fsp3) is 0.250. The number of aryl methyl sites for hydroxylation is 1. The first-order valence-electron chi connectivity index (χ1n) is 17.1. The van der Waals surface area contributed by atoms with Crippen LogP contribution in [0.4, 0.5) is 0 Å². The van der Waals surface area contributed by atoms with E-state index in [4.69, 9.17) is 19.3 Å². The number of hydrogen-bond donors (Lipinski definition) is 0. The number of sulfonamides is 1. The van der Waals surface area contributed by atoms with Gasteiger partial charge >= 0.3 is 0 Å². The summed E-state index contributed by atoms with van der Waals surface area (Å²) in [5.74, 6) is 2.26. The second-order valence-electron chi connectivity index (χ2n) is 12.7. The summed E-state index contributed by atoms with van der Waals surface area (Å²) in [7, 11) is 0.651. The van der Waals surface area contributed by atoms with Crippen LogP contribution in [-0.4, -0.2) is 59.2 Å². The molecule has 0 saturated carbocycles. The molecule has 4 aromatic carbocycles. The van der Waals surface area contributed by atoms with Crippen LogP contribution in [-0.2, 0) is 36.1 Å². The minimum absolute atomic E-state index is 0.104. The quantitative estimate of drug-likeness (QED) is 0.129. The molecule has 0 amide bonds. The highest BCUT2D eigenvalue weighted by Crippen LogP contribution is 2.42. The Morgan fingerprint density at radius 1 is 0.731 bits per heavy atom. The van der Waals surface area contributed by atoms with Crippen LogP contribution in [0.1, 0.15) is 52.3 Å². The molecule has 11 nitrogen and oxygen atoms in total. The van der Waals surface area contributed by atoms with Crippen LogP contribution in [0.15, 0.2) is 114 Å². The topological polar surface area (TPSA) is 122 Å². The van der Waals surface area contributed by atoms with E-state index in [0.717, 1.165) is 58.5 Å². The summed E-state index contributed by atoms with van der Waals surface area (Å²) in [6.45, 7) is 0.587. The maximum atomic E-state index is 15.2. The van der Waals surface area contributed by atoms with Crippen molar-refractivity contribution < 1.29 is 22.6 Å². The normalized spacial score (nSPS) is 14.2. The summed E-state index contributed by atoms with van der Waals surface area (Å²) in [4.78, 5) is 6.29. The Labute approximate surface area is 303 Å². The van der Waals surface area contributed by atoms with Crippen molar-refractivity contribution in [1.29, 1.82) is 0 Å². The van der Waals surface area contributed by atoms with Crippen LogP contribution in [0.25, 0.3) is 11.4 Å². The average molecular weight is 717 g/mol. The molecule has 2 heterocycles. The highest BCUT2D eigenvalue weighted by atomic mass is 32.2. The first kappa shape index (κ1) is 34.8. The van der Waals surface area contributed by atoms with Crippen molar-refractivity contribution in [1.82, 2.24) is 29.5 Å².